The number of pyridine rings is 1. The van der Waals surface area contributed by atoms with Crippen LogP contribution >= 0.6 is 0 Å². The maximum atomic E-state index is 9.29. The van der Waals surface area contributed by atoms with Crippen molar-refractivity contribution in [3.8, 4) is 17.2 Å². The first-order valence-corrected chi connectivity index (χ1v) is 5.12. The lowest BCUT2D eigenvalue weighted by molar-refractivity contribution is 0.368. The number of anilines is 1. The van der Waals surface area contributed by atoms with Gasteiger partial charge in [0.2, 0.25) is 0 Å². The van der Waals surface area contributed by atoms with E-state index in [0.29, 0.717) is 11.4 Å². The monoisotopic (exact) mass is 245 g/mol. The predicted octanol–water partition coefficient (Wildman–Crippen LogP) is 1.64. The van der Waals surface area contributed by atoms with Gasteiger partial charge in [-0.1, -0.05) is 6.07 Å². The van der Waals surface area contributed by atoms with Gasteiger partial charge in [0.05, 0.1) is 6.21 Å². The van der Waals surface area contributed by atoms with Gasteiger partial charge >= 0.3 is 0 Å². The Morgan fingerprint density at radius 2 is 1.83 bits per heavy atom. The van der Waals surface area contributed by atoms with Crippen molar-refractivity contribution in [1.29, 1.82) is 0 Å². The van der Waals surface area contributed by atoms with Crippen LogP contribution in [0.25, 0.3) is 0 Å². The molecule has 6 heteroatoms. The number of hydrogen-bond donors (Lipinski definition) is 4. The summed E-state index contributed by atoms with van der Waals surface area (Å²) in [6.45, 7) is 0. The van der Waals surface area contributed by atoms with Gasteiger partial charge in [0, 0.05) is 11.8 Å². The lowest BCUT2D eigenvalue weighted by Crippen LogP contribution is -1.92. The quantitative estimate of drug-likeness (QED) is 0.374. The Morgan fingerprint density at radius 1 is 1.11 bits per heavy atom. The fraction of sp³-hybridized carbons (Fsp3) is 0. The molecular formula is C12H11N3O3. The Labute approximate surface area is 103 Å². The maximum absolute atomic E-state index is 9.29. The first-order valence-electron chi connectivity index (χ1n) is 5.12. The van der Waals surface area contributed by atoms with Gasteiger partial charge in [0.25, 0.3) is 0 Å². The maximum Gasteiger partial charge on any atom is 0.200 e. The Bertz CT molecular complexity index is 547. The molecular weight excluding hydrogens is 234 g/mol. The minimum Gasteiger partial charge on any atom is -0.504 e. The number of nitrogens with one attached hydrogen (secondary N) is 1. The van der Waals surface area contributed by atoms with Crippen LogP contribution in [0.3, 0.4) is 0 Å². The fourth-order valence-corrected chi connectivity index (χ4v) is 1.30. The van der Waals surface area contributed by atoms with E-state index >= 15 is 0 Å². The Hall–Kier alpha value is -2.76. The van der Waals surface area contributed by atoms with Crippen LogP contribution < -0.4 is 5.43 Å². The van der Waals surface area contributed by atoms with Crippen molar-refractivity contribution in [2.75, 3.05) is 5.43 Å². The van der Waals surface area contributed by atoms with Crippen LogP contribution in [0.15, 0.2) is 41.6 Å². The molecule has 0 unspecified atom stereocenters. The highest BCUT2D eigenvalue weighted by molar-refractivity contribution is 5.82. The highest BCUT2D eigenvalue weighted by Crippen LogP contribution is 2.34. The molecule has 1 aromatic carbocycles. The number of hydrazone groups is 1. The summed E-state index contributed by atoms with van der Waals surface area (Å²) >= 11 is 0. The summed E-state index contributed by atoms with van der Waals surface area (Å²) in [4.78, 5) is 4.00. The third kappa shape index (κ3) is 2.67. The van der Waals surface area contributed by atoms with Crippen molar-refractivity contribution < 1.29 is 15.3 Å². The molecule has 0 aliphatic rings. The fourth-order valence-electron chi connectivity index (χ4n) is 1.30. The van der Waals surface area contributed by atoms with E-state index < -0.39 is 17.2 Å². The summed E-state index contributed by atoms with van der Waals surface area (Å²) in [6.07, 6.45) is 3.00. The molecule has 2 rings (SSSR count). The highest BCUT2D eigenvalue weighted by atomic mass is 16.3. The number of nitrogens with zero attached hydrogens (tertiary/aromatic N) is 2. The van der Waals surface area contributed by atoms with Gasteiger partial charge in [-0.3, -0.25) is 5.43 Å². The van der Waals surface area contributed by atoms with Crippen LogP contribution in [-0.2, 0) is 0 Å². The van der Waals surface area contributed by atoms with E-state index in [0.717, 1.165) is 0 Å². The standard InChI is InChI=1S/C12H11N3O3/c16-9-5-8(6-10(17)12(9)18)7-14-15-11-3-1-2-4-13-11/h1-7,16-18H,(H,13,15)/b14-7+. The number of phenols is 3. The highest BCUT2D eigenvalue weighted by Gasteiger charge is 2.06. The average molecular weight is 245 g/mol. The zero-order valence-corrected chi connectivity index (χ0v) is 9.28. The predicted molar refractivity (Wildman–Crippen MR) is 66.9 cm³/mol. The van der Waals surface area contributed by atoms with Crippen molar-refractivity contribution in [2.24, 2.45) is 5.10 Å². The van der Waals surface area contributed by atoms with E-state index in [1.54, 1.807) is 18.3 Å². The third-order valence-corrected chi connectivity index (χ3v) is 2.15. The summed E-state index contributed by atoms with van der Waals surface area (Å²) in [5.41, 5.74) is 3.12. The van der Waals surface area contributed by atoms with Gasteiger partial charge < -0.3 is 15.3 Å². The van der Waals surface area contributed by atoms with Gasteiger partial charge in [0.1, 0.15) is 5.82 Å². The summed E-state index contributed by atoms with van der Waals surface area (Å²) < 4.78 is 0. The van der Waals surface area contributed by atoms with Gasteiger partial charge in [0.15, 0.2) is 17.2 Å². The van der Waals surface area contributed by atoms with Crippen LogP contribution in [0.1, 0.15) is 5.56 Å². The molecule has 92 valence electrons. The molecule has 1 aromatic heterocycles. The minimum atomic E-state index is -0.551. The van der Waals surface area contributed by atoms with E-state index in [2.05, 4.69) is 15.5 Å². The SMILES string of the molecule is Oc1cc(/C=N/Nc2ccccn2)cc(O)c1O. The van der Waals surface area contributed by atoms with Crippen molar-refractivity contribution in [3.05, 3.63) is 42.1 Å². The number of benzene rings is 1. The van der Waals surface area contributed by atoms with Gasteiger partial charge in [-0.15, -0.1) is 0 Å². The molecule has 0 saturated heterocycles. The molecule has 0 fully saturated rings. The number of rotatable bonds is 3. The topological polar surface area (TPSA) is 98.0 Å². The molecule has 0 radical (unpaired) electrons. The van der Waals surface area contributed by atoms with Crippen LogP contribution in [-0.4, -0.2) is 26.5 Å². The molecule has 0 atom stereocenters. The lowest BCUT2D eigenvalue weighted by Gasteiger charge is -2.02. The Kier molecular flexibility index (Phi) is 3.29. The second-order valence-electron chi connectivity index (χ2n) is 3.49. The molecule has 1 heterocycles. The molecule has 0 amide bonds. The second kappa shape index (κ2) is 5.05. The normalized spacial score (nSPS) is 10.7. The van der Waals surface area contributed by atoms with Gasteiger partial charge in [-0.2, -0.15) is 5.10 Å². The van der Waals surface area contributed by atoms with Gasteiger partial charge in [-0.05, 0) is 24.3 Å². The molecule has 0 aliphatic carbocycles. The number of hydrogen-bond acceptors (Lipinski definition) is 6. The minimum absolute atomic E-state index is 0.408. The van der Waals surface area contributed by atoms with Crippen LogP contribution in [0.2, 0.25) is 0 Å². The van der Waals surface area contributed by atoms with Crippen LogP contribution in [0, 0.1) is 0 Å². The van der Waals surface area contributed by atoms with Crippen LogP contribution in [0.4, 0.5) is 5.82 Å². The lowest BCUT2D eigenvalue weighted by atomic mass is 10.2. The number of aromatic hydroxyl groups is 3. The van der Waals surface area contributed by atoms with E-state index in [-0.39, 0.29) is 0 Å². The van der Waals surface area contributed by atoms with Crippen molar-refractivity contribution >= 4 is 12.0 Å². The molecule has 6 nitrogen and oxygen atoms in total. The van der Waals surface area contributed by atoms with E-state index in [1.165, 1.54) is 18.3 Å². The largest absolute Gasteiger partial charge is 0.504 e. The Morgan fingerprint density at radius 3 is 2.44 bits per heavy atom. The third-order valence-electron chi connectivity index (χ3n) is 2.15. The first kappa shape index (κ1) is 11.7. The summed E-state index contributed by atoms with van der Waals surface area (Å²) in [7, 11) is 0. The van der Waals surface area contributed by atoms with Crippen molar-refractivity contribution in [2.45, 2.75) is 0 Å². The first-order chi connectivity index (χ1) is 8.66. The second-order valence-corrected chi connectivity index (χ2v) is 3.49. The molecule has 0 bridgehead atoms. The molecule has 2 aromatic rings. The number of phenolic OH excluding ortho intramolecular Hbond substituents is 3. The molecule has 18 heavy (non-hydrogen) atoms. The van der Waals surface area contributed by atoms with Gasteiger partial charge in [-0.25, -0.2) is 4.98 Å². The van der Waals surface area contributed by atoms with E-state index in [4.69, 9.17) is 5.11 Å². The smallest absolute Gasteiger partial charge is 0.200 e. The summed E-state index contributed by atoms with van der Waals surface area (Å²) in [6, 6.07) is 7.88. The molecule has 4 N–H and O–H groups in total. The van der Waals surface area contributed by atoms with Crippen molar-refractivity contribution in [1.82, 2.24) is 4.98 Å². The van der Waals surface area contributed by atoms with E-state index in [1.807, 2.05) is 6.07 Å². The summed E-state index contributed by atoms with van der Waals surface area (Å²) in [5.74, 6) is -0.797. The average Bonchev–Trinajstić information content (AvgIpc) is 2.37. The van der Waals surface area contributed by atoms with Crippen molar-refractivity contribution in [3.63, 3.8) is 0 Å². The van der Waals surface area contributed by atoms with Crippen LogP contribution in [0.5, 0.6) is 17.2 Å². The molecule has 0 aliphatic heterocycles. The molecule has 0 spiro atoms. The zero-order valence-electron chi connectivity index (χ0n) is 9.28. The van der Waals surface area contributed by atoms with E-state index in [9.17, 15) is 10.2 Å². The zero-order chi connectivity index (χ0) is 13.0. The molecule has 0 saturated carbocycles. The summed E-state index contributed by atoms with van der Waals surface area (Å²) in [5, 5.41) is 31.6. The number of aromatic nitrogens is 1. The Balaban J connectivity index is 2.10.